The van der Waals surface area contributed by atoms with Crippen LogP contribution in [0.25, 0.3) is 43.7 Å². The quantitative estimate of drug-likeness (QED) is 0.106. The lowest BCUT2D eigenvalue weighted by atomic mass is 9.96. The Morgan fingerprint density at radius 1 is 0.485 bits per heavy atom. The van der Waals surface area contributed by atoms with E-state index in [1.54, 1.807) is 37.2 Å². The predicted molar refractivity (Wildman–Crippen MR) is 408 cm³/mol. The number of fused-ring (bicyclic) bond motifs is 12. The highest BCUT2D eigenvalue weighted by Crippen LogP contribution is 2.40. The molecule has 0 bridgehead atoms. The molecule has 526 valence electrons. The van der Waals surface area contributed by atoms with Gasteiger partial charge in [-0.1, -0.05) is 53.6 Å². The highest BCUT2D eigenvalue weighted by atomic mass is 35.5. The molecule has 0 fully saturated rings. The number of aliphatic hydroxyl groups is 3. The minimum atomic E-state index is -1.000. The van der Waals surface area contributed by atoms with Crippen LogP contribution < -0.4 is 0 Å². The summed E-state index contributed by atoms with van der Waals surface area (Å²) in [5, 5.41) is 39.6. The molecule has 0 saturated carbocycles. The number of rotatable bonds is 12. The second-order valence-electron chi connectivity index (χ2n) is 30.1. The summed E-state index contributed by atoms with van der Waals surface area (Å²) in [6.07, 6.45) is 19.5. The Balaban J connectivity index is 0.000000121. The monoisotopic (exact) mass is 1370 g/mol. The first kappa shape index (κ1) is 71.0. The van der Waals surface area contributed by atoms with Gasteiger partial charge < -0.3 is 43.4 Å². The molecule has 3 aromatic carbocycles. The molecule has 0 amide bonds. The van der Waals surface area contributed by atoms with Gasteiger partial charge in [-0.3, -0.25) is 29.7 Å². The van der Waals surface area contributed by atoms with Crippen LogP contribution in [0.4, 0.5) is 0 Å². The largest absolute Gasteiger partial charge is 0.384 e. The summed E-state index contributed by atoms with van der Waals surface area (Å²) < 4.78 is 9.38. The SMILES string of the molecule is CC1Cc2c(c3cc(Cl)ccc3n2CC(C)(O)c2cccnc2)CN1C.Cc1ccc(CCn2c3c(c4cccnc42)CN(C)CC3)cn1.Cc1ccc2c(c1)c1c(n2CC(C)(O)c2cccnc2)CC(C)N(C)C1.Cc1ccc2c(c1C)c1c(n2CC(C)(O)c2cccnc2)CCN(C)C1. The topological polar surface area (TPSA) is 158 Å². The lowest BCUT2D eigenvalue weighted by Crippen LogP contribution is -2.36. The summed E-state index contributed by atoms with van der Waals surface area (Å²) in [4.78, 5) is 31.2. The fourth-order valence-corrected chi connectivity index (χ4v) is 16.0. The van der Waals surface area contributed by atoms with Gasteiger partial charge in [0.05, 0.1) is 19.6 Å². The molecule has 5 atom stereocenters. The van der Waals surface area contributed by atoms with Crippen molar-refractivity contribution in [2.24, 2.45) is 0 Å². The van der Waals surface area contributed by atoms with E-state index in [1.165, 1.54) is 99.9 Å². The smallest absolute Gasteiger partial charge is 0.140 e. The van der Waals surface area contributed by atoms with Crippen molar-refractivity contribution >= 4 is 55.3 Å². The number of halogens is 1. The van der Waals surface area contributed by atoms with Crippen LogP contribution in [0.15, 0.2) is 159 Å². The van der Waals surface area contributed by atoms with Crippen LogP contribution in [0, 0.1) is 27.7 Å². The average Bonchev–Trinajstić information content (AvgIpc) is 1.61. The van der Waals surface area contributed by atoms with Gasteiger partial charge in [0.2, 0.25) is 0 Å². The van der Waals surface area contributed by atoms with Gasteiger partial charge in [-0.15, -0.1) is 0 Å². The Kier molecular flexibility index (Phi) is 20.5. The normalized spacial score (nSPS) is 18.2. The van der Waals surface area contributed by atoms with E-state index in [2.05, 4.69) is 186 Å². The lowest BCUT2D eigenvalue weighted by molar-refractivity contribution is 0.0374. The first-order chi connectivity index (χ1) is 48.3. The summed E-state index contributed by atoms with van der Waals surface area (Å²) in [7, 11) is 8.73. The van der Waals surface area contributed by atoms with Crippen LogP contribution in [0.1, 0.15) is 124 Å². The second kappa shape index (κ2) is 29.1. The number of hydrogen-bond donors (Lipinski definition) is 3. The Labute approximate surface area is 600 Å². The zero-order chi connectivity index (χ0) is 71.2. The molecule has 5 unspecified atom stereocenters. The number of nitrogens with zero attached hydrogens (tertiary/aromatic N) is 13. The Morgan fingerprint density at radius 2 is 0.970 bits per heavy atom. The van der Waals surface area contributed by atoms with E-state index >= 15 is 0 Å². The number of benzene rings is 3. The molecule has 101 heavy (non-hydrogen) atoms. The van der Waals surface area contributed by atoms with E-state index < -0.39 is 16.8 Å². The molecule has 4 aliphatic heterocycles. The standard InChI is InChI=1S/2C22H27N3O.C21H24ClN3O.C19H22N4/c1-15-7-8-20-21(16(15)2)18-13-24(4)11-9-19(18)25(20)14-22(3,26)17-6-5-10-23-12-17;1-15-7-8-20-18(10-15)19-13-24(4)16(2)11-21(19)25(20)14-22(3,26)17-6-5-9-23-12-17;1-14-9-20-18(12-24(14)3)17-10-16(22)6-7-19(17)25(20)13-21(2,26)15-5-4-8-23-11-15;1-14-5-6-15(12-21-14)7-11-23-18-8-10-22(2)13-17(18)16-4-3-9-20-19(16)23/h5-8,10,12,26H,9,11,13-14H2,1-4H3;5-10,12,16,26H,11,13-14H2,1-4H3;4-8,10-11,14,26H,9,12-13H2,1-3H3;3-6,9,12H,7-8,10-11,13H2,1-2H3. The van der Waals surface area contributed by atoms with Gasteiger partial charge >= 0.3 is 0 Å². The summed E-state index contributed by atoms with van der Waals surface area (Å²) in [5.41, 5.74) is 21.8. The van der Waals surface area contributed by atoms with Gasteiger partial charge in [0.25, 0.3) is 0 Å². The molecule has 0 saturated heterocycles. The Morgan fingerprint density at radius 3 is 1.50 bits per heavy atom. The number of hydrogen-bond acceptors (Lipinski definition) is 12. The summed E-state index contributed by atoms with van der Waals surface area (Å²) >= 11 is 6.28. The molecule has 16 nitrogen and oxygen atoms in total. The third kappa shape index (κ3) is 14.7. The Hall–Kier alpha value is -8.42. The van der Waals surface area contributed by atoms with E-state index in [0.29, 0.717) is 31.7 Å². The zero-order valence-corrected chi connectivity index (χ0v) is 62.1. The van der Waals surface area contributed by atoms with E-state index in [-0.39, 0.29) is 0 Å². The molecule has 9 aromatic heterocycles. The van der Waals surface area contributed by atoms with Crippen LogP contribution in [0.5, 0.6) is 0 Å². The van der Waals surface area contributed by atoms with Crippen LogP contribution in [0.2, 0.25) is 5.02 Å². The van der Waals surface area contributed by atoms with Crippen molar-refractivity contribution < 1.29 is 15.3 Å². The van der Waals surface area contributed by atoms with Gasteiger partial charge in [-0.05, 0) is 209 Å². The molecule has 0 radical (unpaired) electrons. The van der Waals surface area contributed by atoms with Crippen molar-refractivity contribution in [1.29, 1.82) is 0 Å². The minimum Gasteiger partial charge on any atom is -0.384 e. The van der Waals surface area contributed by atoms with Crippen molar-refractivity contribution in [3.8, 4) is 0 Å². The maximum atomic E-state index is 11.2. The second-order valence-corrected chi connectivity index (χ2v) is 30.5. The first-order valence-corrected chi connectivity index (χ1v) is 36.2. The molecule has 12 aromatic rings. The minimum absolute atomic E-state index is 0.462. The van der Waals surface area contributed by atoms with Crippen molar-refractivity contribution in [3.05, 3.63) is 253 Å². The molecule has 0 spiro atoms. The Bertz CT molecular complexity index is 4760. The van der Waals surface area contributed by atoms with Crippen LogP contribution in [-0.2, 0) is 101 Å². The summed E-state index contributed by atoms with van der Waals surface area (Å²) in [6, 6.07) is 38.1. The molecule has 0 aliphatic carbocycles. The fourth-order valence-electron chi connectivity index (χ4n) is 15.8. The fraction of sp³-hybridized carbons (Fsp3) is 0.393. The third-order valence-corrected chi connectivity index (χ3v) is 22.4. The number of likely N-dealkylation sites (N-methyl/N-ethyl adjacent to an activating group) is 4. The van der Waals surface area contributed by atoms with Crippen molar-refractivity contribution in [1.82, 2.24) is 62.8 Å². The molecule has 13 heterocycles. The van der Waals surface area contributed by atoms with Gasteiger partial charge in [-0.25, -0.2) is 4.98 Å². The summed E-state index contributed by atoms with van der Waals surface area (Å²) in [5.74, 6) is 0. The number of aromatic nitrogens is 9. The van der Waals surface area contributed by atoms with Gasteiger partial charge in [0.1, 0.15) is 22.5 Å². The third-order valence-electron chi connectivity index (χ3n) is 22.2. The predicted octanol–water partition coefficient (Wildman–Crippen LogP) is 14.1. The molecular weight excluding hydrogens is 1270 g/mol. The first-order valence-electron chi connectivity index (χ1n) is 35.9. The number of pyridine rings is 5. The van der Waals surface area contributed by atoms with Crippen molar-refractivity contribution in [2.45, 2.75) is 176 Å². The van der Waals surface area contributed by atoms with E-state index in [1.807, 2.05) is 88.6 Å². The van der Waals surface area contributed by atoms with Crippen molar-refractivity contribution in [2.75, 3.05) is 41.3 Å². The maximum Gasteiger partial charge on any atom is 0.140 e. The van der Waals surface area contributed by atoms with Crippen LogP contribution in [0.3, 0.4) is 0 Å². The lowest BCUT2D eigenvalue weighted by Gasteiger charge is -2.32. The molecular formula is C84H100ClN13O3. The number of aryl methyl sites for hydroxylation is 6. The van der Waals surface area contributed by atoms with Crippen molar-refractivity contribution in [3.63, 3.8) is 0 Å². The molecule has 16 rings (SSSR count). The van der Waals surface area contributed by atoms with Crippen LogP contribution >= 0.6 is 11.6 Å². The highest BCUT2D eigenvalue weighted by molar-refractivity contribution is 6.31. The average molecular weight is 1380 g/mol. The summed E-state index contributed by atoms with van der Waals surface area (Å²) in [6.45, 7) is 27.3. The molecule has 17 heteroatoms. The molecule has 4 aliphatic rings. The molecule has 3 N–H and O–H groups in total. The zero-order valence-electron chi connectivity index (χ0n) is 61.3. The highest BCUT2D eigenvalue weighted by Gasteiger charge is 2.35. The maximum absolute atomic E-state index is 11.2. The van der Waals surface area contributed by atoms with Gasteiger partial charge in [0.15, 0.2) is 0 Å². The van der Waals surface area contributed by atoms with Crippen LogP contribution in [-0.4, -0.2) is 131 Å². The van der Waals surface area contributed by atoms with E-state index in [0.717, 1.165) is 116 Å². The van der Waals surface area contributed by atoms with Gasteiger partial charge in [-0.2, -0.15) is 0 Å². The van der Waals surface area contributed by atoms with E-state index in [9.17, 15) is 15.3 Å². The van der Waals surface area contributed by atoms with E-state index in [4.69, 9.17) is 11.6 Å². The van der Waals surface area contributed by atoms with Gasteiger partial charge in [0, 0.05) is 221 Å².